The molecule has 7 nitrogen and oxygen atoms in total. The number of aromatic nitrogens is 3. The van der Waals surface area contributed by atoms with E-state index in [4.69, 9.17) is 5.73 Å². The molecule has 3 N–H and O–H groups in total. The van der Waals surface area contributed by atoms with Gasteiger partial charge in [0.05, 0.1) is 11.1 Å². The predicted molar refractivity (Wildman–Crippen MR) is 114 cm³/mol. The molecule has 4 rings (SSSR count). The van der Waals surface area contributed by atoms with Gasteiger partial charge in [-0.05, 0) is 35.4 Å². The van der Waals surface area contributed by atoms with Crippen LogP contribution in [0.25, 0.3) is 10.9 Å². The number of nitrogens with one attached hydrogen (secondary N) is 1. The van der Waals surface area contributed by atoms with E-state index in [1.807, 2.05) is 30.3 Å². The number of nitrogens with zero attached hydrogens (tertiary/aromatic N) is 3. The molecule has 2 aromatic heterocycles. The summed E-state index contributed by atoms with van der Waals surface area (Å²) in [4.78, 5) is 36.5. The van der Waals surface area contributed by atoms with Crippen LogP contribution in [0.4, 0.5) is 5.82 Å². The number of nitrogens with two attached hydrogens (primary N) is 1. The molecule has 0 bridgehead atoms. The molecule has 0 saturated heterocycles. The van der Waals surface area contributed by atoms with Crippen molar-refractivity contribution >= 4 is 28.4 Å². The van der Waals surface area contributed by atoms with Crippen LogP contribution in [-0.4, -0.2) is 26.6 Å². The summed E-state index contributed by atoms with van der Waals surface area (Å²) < 4.78 is 0. The van der Waals surface area contributed by atoms with E-state index in [1.54, 1.807) is 36.7 Å². The van der Waals surface area contributed by atoms with E-state index in [-0.39, 0.29) is 5.78 Å². The number of primary amides is 1. The van der Waals surface area contributed by atoms with Crippen molar-refractivity contribution in [3.05, 3.63) is 95.6 Å². The van der Waals surface area contributed by atoms with Gasteiger partial charge in [-0.25, -0.2) is 9.97 Å². The topological polar surface area (TPSA) is 111 Å². The van der Waals surface area contributed by atoms with Crippen molar-refractivity contribution in [3.8, 4) is 0 Å². The Hall–Kier alpha value is -4.13. The summed E-state index contributed by atoms with van der Waals surface area (Å²) in [7, 11) is 0. The summed E-state index contributed by atoms with van der Waals surface area (Å²) in [6.07, 6.45) is 4.95. The number of hydrogen-bond acceptors (Lipinski definition) is 6. The van der Waals surface area contributed by atoms with Crippen LogP contribution in [0, 0.1) is 0 Å². The maximum Gasteiger partial charge on any atom is 0.250 e. The van der Waals surface area contributed by atoms with Crippen molar-refractivity contribution < 1.29 is 9.59 Å². The van der Waals surface area contributed by atoms with Crippen LogP contribution in [0.2, 0.25) is 0 Å². The first-order valence-corrected chi connectivity index (χ1v) is 9.40. The first-order valence-electron chi connectivity index (χ1n) is 9.40. The zero-order valence-corrected chi connectivity index (χ0v) is 16.1. The zero-order chi connectivity index (χ0) is 20.9. The van der Waals surface area contributed by atoms with Crippen molar-refractivity contribution in [2.45, 2.75) is 13.0 Å². The third-order valence-corrected chi connectivity index (χ3v) is 4.75. The van der Waals surface area contributed by atoms with Crippen molar-refractivity contribution in [2.75, 3.05) is 5.32 Å². The molecule has 148 valence electrons. The number of ketones is 1. The molecule has 0 fully saturated rings. The minimum Gasteiger partial charge on any atom is -0.366 e. The van der Waals surface area contributed by atoms with Crippen LogP contribution in [0.15, 0.2) is 73.3 Å². The highest BCUT2D eigenvalue weighted by molar-refractivity contribution is 6.06. The normalized spacial score (nSPS) is 10.7. The summed E-state index contributed by atoms with van der Waals surface area (Å²) in [5.41, 5.74) is 8.89. The molecule has 1 amide bonds. The van der Waals surface area contributed by atoms with Gasteiger partial charge in [0, 0.05) is 36.3 Å². The van der Waals surface area contributed by atoms with E-state index < -0.39 is 5.91 Å². The Balaban J connectivity index is 1.51. The highest BCUT2D eigenvalue weighted by atomic mass is 16.1. The number of carbonyl (C=O) groups is 2. The second kappa shape index (κ2) is 8.48. The minimum atomic E-state index is -0.531. The summed E-state index contributed by atoms with van der Waals surface area (Å²) >= 11 is 0. The lowest BCUT2D eigenvalue weighted by Gasteiger charge is -2.10. The summed E-state index contributed by atoms with van der Waals surface area (Å²) in [5.74, 6) is 0.126. The molecule has 0 saturated carbocycles. The molecule has 0 aliphatic heterocycles. The fraction of sp³-hybridized carbons (Fsp3) is 0.0870. The Morgan fingerprint density at radius 2 is 1.70 bits per heavy atom. The number of benzene rings is 2. The van der Waals surface area contributed by atoms with Gasteiger partial charge >= 0.3 is 0 Å². The quantitative estimate of drug-likeness (QED) is 0.464. The van der Waals surface area contributed by atoms with Gasteiger partial charge in [-0.1, -0.05) is 30.3 Å². The van der Waals surface area contributed by atoms with Gasteiger partial charge in [0.2, 0.25) is 0 Å². The van der Waals surface area contributed by atoms with Gasteiger partial charge in [0.1, 0.15) is 12.1 Å². The SMILES string of the molecule is NC(=O)c1cccc2c(NCc3cccc(CC(=O)c4ccncc4)c3)ncnc12. The molecular weight excluding hydrogens is 378 g/mol. The number of fused-ring (bicyclic) bond motifs is 1. The number of rotatable bonds is 7. The molecule has 0 atom stereocenters. The Morgan fingerprint density at radius 1 is 0.933 bits per heavy atom. The molecule has 0 spiro atoms. The lowest BCUT2D eigenvalue weighted by molar-refractivity contribution is 0.0988. The number of Topliss-reactive ketones (excluding diaryl/α,β-unsaturated/α-hetero) is 1. The lowest BCUT2D eigenvalue weighted by atomic mass is 10.0. The van der Waals surface area contributed by atoms with Crippen molar-refractivity contribution in [3.63, 3.8) is 0 Å². The number of anilines is 1. The molecule has 30 heavy (non-hydrogen) atoms. The average molecular weight is 397 g/mol. The van der Waals surface area contributed by atoms with E-state index in [9.17, 15) is 9.59 Å². The smallest absolute Gasteiger partial charge is 0.250 e. The first kappa shape index (κ1) is 19.2. The maximum atomic E-state index is 12.4. The standard InChI is InChI=1S/C23H19N5O2/c24-22(30)18-5-2-6-19-21(18)27-14-28-23(19)26-13-16-4-1-3-15(11-16)12-20(29)17-7-9-25-10-8-17/h1-11,14H,12-13H2,(H2,24,30)(H,26,27,28). The highest BCUT2D eigenvalue weighted by Gasteiger charge is 2.11. The van der Waals surface area contributed by atoms with Crippen LogP contribution >= 0.6 is 0 Å². The molecule has 4 aromatic rings. The van der Waals surface area contributed by atoms with Gasteiger partial charge in [-0.15, -0.1) is 0 Å². The zero-order valence-electron chi connectivity index (χ0n) is 16.1. The van der Waals surface area contributed by atoms with Gasteiger partial charge < -0.3 is 11.1 Å². The molecule has 0 radical (unpaired) electrons. The summed E-state index contributed by atoms with van der Waals surface area (Å²) in [6.45, 7) is 0.504. The van der Waals surface area contributed by atoms with Gasteiger partial charge in [-0.3, -0.25) is 14.6 Å². The van der Waals surface area contributed by atoms with Crippen LogP contribution in [0.3, 0.4) is 0 Å². The number of hydrogen-bond donors (Lipinski definition) is 2. The average Bonchev–Trinajstić information content (AvgIpc) is 2.78. The Kier molecular flexibility index (Phi) is 5.43. The Bertz CT molecular complexity index is 1220. The van der Waals surface area contributed by atoms with Crippen LogP contribution in [-0.2, 0) is 13.0 Å². The van der Waals surface area contributed by atoms with Crippen LogP contribution in [0.1, 0.15) is 31.8 Å². The predicted octanol–water partition coefficient (Wildman–Crippen LogP) is 3.16. The number of para-hydroxylation sites is 1. The molecule has 7 heteroatoms. The third-order valence-electron chi connectivity index (χ3n) is 4.75. The van der Waals surface area contributed by atoms with Gasteiger partial charge in [0.15, 0.2) is 5.78 Å². The maximum absolute atomic E-state index is 12.4. The van der Waals surface area contributed by atoms with Crippen LogP contribution < -0.4 is 11.1 Å². The second-order valence-corrected chi connectivity index (χ2v) is 6.80. The summed E-state index contributed by atoms with van der Waals surface area (Å²) in [6, 6.07) is 16.5. The highest BCUT2D eigenvalue weighted by Crippen LogP contribution is 2.22. The molecule has 2 aromatic carbocycles. The van der Waals surface area contributed by atoms with E-state index in [1.165, 1.54) is 6.33 Å². The minimum absolute atomic E-state index is 0.0447. The number of amides is 1. The van der Waals surface area contributed by atoms with E-state index >= 15 is 0 Å². The van der Waals surface area contributed by atoms with Crippen LogP contribution in [0.5, 0.6) is 0 Å². The molecule has 0 aliphatic rings. The lowest BCUT2D eigenvalue weighted by Crippen LogP contribution is -2.12. The monoisotopic (exact) mass is 397 g/mol. The Morgan fingerprint density at radius 3 is 2.50 bits per heavy atom. The molecular formula is C23H19N5O2. The second-order valence-electron chi connectivity index (χ2n) is 6.80. The van der Waals surface area contributed by atoms with Crippen molar-refractivity contribution in [2.24, 2.45) is 5.73 Å². The van der Waals surface area contributed by atoms with Gasteiger partial charge in [-0.2, -0.15) is 0 Å². The van der Waals surface area contributed by atoms with E-state index in [0.29, 0.717) is 35.4 Å². The Labute approximate surface area is 173 Å². The number of carbonyl (C=O) groups excluding carboxylic acids is 2. The third kappa shape index (κ3) is 4.15. The molecule has 2 heterocycles. The summed E-state index contributed by atoms with van der Waals surface area (Å²) in [5, 5.41) is 4.01. The molecule has 0 aliphatic carbocycles. The fourth-order valence-corrected chi connectivity index (χ4v) is 3.29. The molecule has 0 unspecified atom stereocenters. The number of pyridine rings is 1. The largest absolute Gasteiger partial charge is 0.366 e. The van der Waals surface area contributed by atoms with Crippen molar-refractivity contribution in [1.29, 1.82) is 0 Å². The fourth-order valence-electron chi connectivity index (χ4n) is 3.29. The van der Waals surface area contributed by atoms with E-state index in [0.717, 1.165) is 16.5 Å². The van der Waals surface area contributed by atoms with Crippen molar-refractivity contribution in [1.82, 2.24) is 15.0 Å². The first-order chi connectivity index (χ1) is 14.6. The van der Waals surface area contributed by atoms with E-state index in [2.05, 4.69) is 20.3 Å². The van der Waals surface area contributed by atoms with Gasteiger partial charge in [0.25, 0.3) is 5.91 Å².